The second-order valence-electron chi connectivity index (χ2n) is 5.00. The lowest BCUT2D eigenvalue weighted by Gasteiger charge is -2.34. The lowest BCUT2D eigenvalue weighted by Crippen LogP contribution is -2.49. The second kappa shape index (κ2) is 9.76. The molecule has 0 radical (unpaired) electrons. The smallest absolute Gasteiger partial charge is 0.265 e. The zero-order valence-corrected chi connectivity index (χ0v) is 15.9. The van der Waals surface area contributed by atoms with Crippen LogP contribution in [0.3, 0.4) is 0 Å². The van der Waals surface area contributed by atoms with Crippen LogP contribution in [0.25, 0.3) is 0 Å². The summed E-state index contributed by atoms with van der Waals surface area (Å²) in [6.07, 6.45) is 1.69. The Kier molecular flexibility index (Phi) is 7.70. The van der Waals surface area contributed by atoms with Gasteiger partial charge in [-0.2, -0.15) is 4.98 Å². The molecule has 1 saturated heterocycles. The summed E-state index contributed by atoms with van der Waals surface area (Å²) >= 11 is 11.1. The summed E-state index contributed by atoms with van der Waals surface area (Å²) in [5.74, 6) is 1.20. The van der Waals surface area contributed by atoms with E-state index in [1.165, 1.54) is 11.3 Å². The molecule has 1 fully saturated rings. The fraction of sp³-hybridized carbons (Fsp3) is 0.400. The van der Waals surface area contributed by atoms with E-state index in [0.717, 1.165) is 0 Å². The van der Waals surface area contributed by atoms with Crippen molar-refractivity contribution in [2.45, 2.75) is 6.92 Å². The van der Waals surface area contributed by atoms with Gasteiger partial charge in [0.05, 0.1) is 23.5 Å². The maximum absolute atomic E-state index is 12.4. The highest BCUT2D eigenvalue weighted by molar-refractivity contribution is 7.12. The molecule has 1 amide bonds. The van der Waals surface area contributed by atoms with Gasteiger partial charge in [-0.25, -0.2) is 4.98 Å². The van der Waals surface area contributed by atoms with Gasteiger partial charge in [0.15, 0.2) is 0 Å². The number of carbonyl (C=O) groups is 1. The first-order valence-electron chi connectivity index (χ1n) is 7.59. The lowest BCUT2D eigenvalue weighted by molar-refractivity contribution is 0.0751. The fourth-order valence-electron chi connectivity index (χ4n) is 2.41. The summed E-state index contributed by atoms with van der Waals surface area (Å²) in [5, 5.41) is 2.36. The zero-order valence-electron chi connectivity index (χ0n) is 13.6. The molecule has 1 N–H and O–H groups in total. The topological polar surface area (TPSA) is 78.8 Å². The van der Waals surface area contributed by atoms with Gasteiger partial charge in [0.25, 0.3) is 5.91 Å². The van der Waals surface area contributed by atoms with E-state index in [0.29, 0.717) is 54.5 Å². The van der Waals surface area contributed by atoms with Crippen molar-refractivity contribution in [3.63, 3.8) is 0 Å². The molecule has 3 rings (SSSR count). The van der Waals surface area contributed by atoms with Crippen LogP contribution >= 0.6 is 34.8 Å². The summed E-state index contributed by atoms with van der Waals surface area (Å²) in [6.45, 7) is 5.10. The molecule has 10 heteroatoms. The highest BCUT2D eigenvalue weighted by atomic mass is 35.5. The van der Waals surface area contributed by atoms with Crippen molar-refractivity contribution in [1.82, 2.24) is 14.9 Å². The Morgan fingerprint density at radius 1 is 1.32 bits per heavy atom. The van der Waals surface area contributed by atoms with E-state index in [2.05, 4.69) is 26.7 Å². The van der Waals surface area contributed by atoms with Crippen molar-refractivity contribution in [2.75, 3.05) is 37.7 Å². The minimum atomic E-state index is -0.00589. The Labute approximate surface area is 159 Å². The molecule has 0 atom stereocenters. The molecule has 2 aromatic rings. The molecule has 1 aliphatic rings. The molecule has 0 aromatic carbocycles. The fourth-order valence-corrected chi connectivity index (χ4v) is 3.52. The molecule has 1 aliphatic heterocycles. The average molecular weight is 405 g/mol. The summed E-state index contributed by atoms with van der Waals surface area (Å²) in [4.78, 5) is 25.6. The van der Waals surface area contributed by atoms with Gasteiger partial charge in [-0.1, -0.05) is 11.6 Å². The molecule has 7 nitrogen and oxygen atoms in total. The van der Waals surface area contributed by atoms with Crippen LogP contribution < -0.4 is 9.64 Å². The first-order valence-corrected chi connectivity index (χ1v) is 9.18. The van der Waals surface area contributed by atoms with E-state index in [9.17, 15) is 4.79 Å². The normalized spacial score (nSPS) is 13.9. The Hall–Kier alpha value is -1.61. The number of carbonyl (C=O) groups excluding carboxylic acids is 1. The van der Waals surface area contributed by atoms with Gasteiger partial charge >= 0.3 is 0 Å². The van der Waals surface area contributed by atoms with Crippen LogP contribution in [0.15, 0.2) is 23.7 Å². The Balaban J connectivity index is 0.00000109. The number of piperazine rings is 1. The van der Waals surface area contributed by atoms with Crippen molar-refractivity contribution in [2.24, 2.45) is 0 Å². The van der Waals surface area contributed by atoms with Crippen LogP contribution in [0.1, 0.15) is 16.6 Å². The van der Waals surface area contributed by atoms with Gasteiger partial charge in [-0.15, -0.1) is 11.3 Å². The number of amides is 1. The van der Waals surface area contributed by atoms with Crippen molar-refractivity contribution < 1.29 is 14.2 Å². The maximum Gasteiger partial charge on any atom is 0.265 e. The quantitative estimate of drug-likeness (QED) is 0.843. The number of halogens is 2. The Bertz CT molecular complexity index is 693. The molecule has 0 aliphatic carbocycles. The summed E-state index contributed by atoms with van der Waals surface area (Å²) in [6, 6.07) is 3.49. The predicted molar refractivity (Wildman–Crippen MR) is 98.7 cm³/mol. The molecule has 25 heavy (non-hydrogen) atoms. The standard InChI is InChI=1S/C15H17ClN4O2S.ClHO/c1-2-22-12-3-5-17-15(18-12)20-8-6-19(7-9-20)14(21)13-11(16)4-10-23-13;1-2/h3-5,10H,2,6-9H2,1H3;2H. The molecule has 0 bridgehead atoms. The Morgan fingerprint density at radius 2 is 2.04 bits per heavy atom. The molecule has 2 aromatic heterocycles. The van der Waals surface area contributed by atoms with Gasteiger partial charge in [0.2, 0.25) is 11.8 Å². The SMILES string of the molecule is CCOc1ccnc(N2CCN(C(=O)c3sccc3Cl)CC2)n1.OCl. The number of thiophene rings is 1. The molecule has 0 unspecified atom stereocenters. The summed E-state index contributed by atoms with van der Waals surface area (Å²) in [7, 11) is 0. The van der Waals surface area contributed by atoms with Gasteiger partial charge in [-0.3, -0.25) is 9.45 Å². The van der Waals surface area contributed by atoms with Crippen molar-refractivity contribution in [3.8, 4) is 5.88 Å². The highest BCUT2D eigenvalue weighted by Gasteiger charge is 2.25. The van der Waals surface area contributed by atoms with E-state index < -0.39 is 0 Å². The highest BCUT2D eigenvalue weighted by Crippen LogP contribution is 2.24. The molecule has 136 valence electrons. The van der Waals surface area contributed by atoms with Gasteiger partial charge in [0, 0.05) is 38.4 Å². The lowest BCUT2D eigenvalue weighted by atomic mass is 10.3. The molecule has 0 spiro atoms. The molecular weight excluding hydrogens is 387 g/mol. The molecular formula is C15H18Cl2N4O3S. The van der Waals surface area contributed by atoms with Crippen LogP contribution in [0.4, 0.5) is 5.95 Å². The van der Waals surface area contributed by atoms with E-state index in [4.69, 9.17) is 21.0 Å². The number of hydrogen-bond donors (Lipinski definition) is 1. The van der Waals surface area contributed by atoms with Crippen molar-refractivity contribution in [3.05, 3.63) is 33.6 Å². The maximum atomic E-state index is 12.4. The van der Waals surface area contributed by atoms with Gasteiger partial charge < -0.3 is 14.5 Å². The Morgan fingerprint density at radius 3 is 2.64 bits per heavy atom. The first kappa shape index (κ1) is 19.7. The summed E-state index contributed by atoms with van der Waals surface area (Å²) in [5.41, 5.74) is 0. The van der Waals surface area contributed by atoms with Crippen LogP contribution in [0, 0.1) is 0 Å². The van der Waals surface area contributed by atoms with Crippen LogP contribution in [0.5, 0.6) is 5.88 Å². The van der Waals surface area contributed by atoms with Crippen LogP contribution in [-0.2, 0) is 0 Å². The molecule has 3 heterocycles. The van der Waals surface area contributed by atoms with E-state index in [-0.39, 0.29) is 5.91 Å². The third kappa shape index (κ3) is 4.94. The second-order valence-corrected chi connectivity index (χ2v) is 6.33. The number of nitrogens with zero attached hydrogens (tertiary/aromatic N) is 4. The van der Waals surface area contributed by atoms with Crippen molar-refractivity contribution in [1.29, 1.82) is 0 Å². The zero-order chi connectivity index (χ0) is 18.2. The van der Waals surface area contributed by atoms with E-state index >= 15 is 0 Å². The van der Waals surface area contributed by atoms with Gasteiger partial charge in [0.1, 0.15) is 4.88 Å². The van der Waals surface area contributed by atoms with Gasteiger partial charge in [-0.05, 0) is 18.4 Å². The molecule has 0 saturated carbocycles. The number of anilines is 1. The van der Waals surface area contributed by atoms with E-state index in [1.54, 1.807) is 18.3 Å². The van der Waals surface area contributed by atoms with Crippen molar-refractivity contribution >= 4 is 46.7 Å². The number of ether oxygens (including phenoxy) is 1. The number of rotatable bonds is 4. The van der Waals surface area contributed by atoms with Crippen LogP contribution in [-0.4, -0.2) is 58.2 Å². The largest absolute Gasteiger partial charge is 0.478 e. The monoisotopic (exact) mass is 404 g/mol. The third-order valence-electron chi connectivity index (χ3n) is 3.57. The minimum Gasteiger partial charge on any atom is -0.478 e. The van der Waals surface area contributed by atoms with Crippen LogP contribution in [0.2, 0.25) is 5.02 Å². The third-order valence-corrected chi connectivity index (χ3v) is 4.90. The predicted octanol–water partition coefficient (Wildman–Crippen LogP) is 2.69. The van der Waals surface area contributed by atoms with E-state index in [1.807, 2.05) is 17.2 Å². The average Bonchev–Trinajstić information content (AvgIpc) is 3.09. The number of aromatic nitrogens is 2. The first-order chi connectivity index (χ1) is 12.2. The summed E-state index contributed by atoms with van der Waals surface area (Å²) < 4.78 is 11.9. The minimum absolute atomic E-state index is 0.00589. The number of hydrogen-bond acceptors (Lipinski definition) is 7.